The normalized spacial score (nSPS) is 14.3. The predicted molar refractivity (Wildman–Crippen MR) is 123 cm³/mol. The highest BCUT2D eigenvalue weighted by molar-refractivity contribution is 5.80. The Morgan fingerprint density at radius 3 is 2.10 bits per heavy atom. The number of para-hydroxylation sites is 2. The van der Waals surface area contributed by atoms with Crippen molar-refractivity contribution in [2.24, 2.45) is 0 Å². The summed E-state index contributed by atoms with van der Waals surface area (Å²) in [5.74, 6) is -0.137. The van der Waals surface area contributed by atoms with Gasteiger partial charge in [0.15, 0.2) is 0 Å². The molecule has 0 unspecified atom stereocenters. The van der Waals surface area contributed by atoms with Gasteiger partial charge in [0.25, 0.3) is 0 Å². The fourth-order valence-corrected chi connectivity index (χ4v) is 4.35. The zero-order chi connectivity index (χ0) is 22.1. The van der Waals surface area contributed by atoms with Crippen LogP contribution in [0.3, 0.4) is 0 Å². The molecule has 1 fully saturated rings. The van der Waals surface area contributed by atoms with Gasteiger partial charge in [-0.1, -0.05) is 24.3 Å². The third-order valence-electron chi connectivity index (χ3n) is 6.30. The van der Waals surface area contributed by atoms with Crippen molar-refractivity contribution in [1.29, 1.82) is 0 Å². The van der Waals surface area contributed by atoms with Crippen molar-refractivity contribution in [1.82, 2.24) is 14.0 Å². The van der Waals surface area contributed by atoms with Crippen molar-refractivity contribution in [2.75, 3.05) is 31.1 Å². The third kappa shape index (κ3) is 3.76. The maximum absolute atomic E-state index is 13.0. The summed E-state index contributed by atoms with van der Waals surface area (Å²) in [6.45, 7) is 9.00. The Hall–Kier alpha value is -3.35. The molecule has 162 valence electrons. The lowest BCUT2D eigenvalue weighted by molar-refractivity contribution is -0.132. The summed E-state index contributed by atoms with van der Waals surface area (Å²) in [5, 5.41) is 0. The van der Waals surface area contributed by atoms with Gasteiger partial charge in [0.2, 0.25) is 5.91 Å². The largest absolute Gasteiger partial charge is 0.368 e. The van der Waals surface area contributed by atoms with E-state index in [1.165, 1.54) is 25.9 Å². The average Bonchev–Trinajstić information content (AvgIpc) is 2.79. The van der Waals surface area contributed by atoms with E-state index in [9.17, 15) is 14.4 Å². The minimum Gasteiger partial charge on any atom is -0.368 e. The highest BCUT2D eigenvalue weighted by atomic mass is 16.2. The highest BCUT2D eigenvalue weighted by Crippen LogP contribution is 2.24. The topological polar surface area (TPSA) is 67.5 Å². The van der Waals surface area contributed by atoms with Crippen molar-refractivity contribution < 1.29 is 4.79 Å². The summed E-state index contributed by atoms with van der Waals surface area (Å²) in [5.41, 5.74) is 3.76. The number of benzene rings is 2. The number of hydrogen-bond acceptors (Lipinski definition) is 4. The molecule has 31 heavy (non-hydrogen) atoms. The van der Waals surface area contributed by atoms with E-state index in [4.69, 9.17) is 0 Å². The first kappa shape index (κ1) is 20.9. The first-order valence-corrected chi connectivity index (χ1v) is 10.7. The van der Waals surface area contributed by atoms with Gasteiger partial charge >= 0.3 is 11.1 Å². The van der Waals surface area contributed by atoms with Crippen LogP contribution in [0.15, 0.2) is 52.1 Å². The van der Waals surface area contributed by atoms with E-state index < -0.39 is 11.1 Å². The van der Waals surface area contributed by atoms with Crippen LogP contribution >= 0.6 is 0 Å². The number of aryl methyl sites for hydroxylation is 2. The fraction of sp³-hybridized carbons (Fsp3) is 0.375. The molecule has 4 rings (SSSR count). The van der Waals surface area contributed by atoms with Crippen LogP contribution in [-0.4, -0.2) is 46.1 Å². The molecule has 0 aliphatic carbocycles. The van der Waals surface area contributed by atoms with Gasteiger partial charge in [0.05, 0.1) is 11.0 Å². The Labute approximate surface area is 181 Å². The van der Waals surface area contributed by atoms with Gasteiger partial charge in [0, 0.05) is 38.4 Å². The van der Waals surface area contributed by atoms with Gasteiger partial charge in [-0.05, 0) is 50.1 Å². The first-order chi connectivity index (χ1) is 14.9. The minimum absolute atomic E-state index is 0.122. The minimum atomic E-state index is -0.650. The van der Waals surface area contributed by atoms with Gasteiger partial charge in [-0.2, -0.15) is 0 Å². The zero-order valence-electron chi connectivity index (χ0n) is 18.3. The van der Waals surface area contributed by atoms with Gasteiger partial charge in [0.1, 0.15) is 6.54 Å². The van der Waals surface area contributed by atoms with Crippen molar-refractivity contribution in [3.63, 3.8) is 0 Å². The van der Waals surface area contributed by atoms with Crippen molar-refractivity contribution in [2.45, 2.75) is 33.9 Å². The number of piperazine rings is 1. The molecule has 1 aliphatic rings. The lowest BCUT2D eigenvalue weighted by atomic mass is 10.1. The van der Waals surface area contributed by atoms with E-state index in [1.54, 1.807) is 11.0 Å². The maximum atomic E-state index is 13.0. The van der Waals surface area contributed by atoms with E-state index in [-0.39, 0.29) is 12.5 Å². The van der Waals surface area contributed by atoms with Crippen LogP contribution < -0.4 is 16.0 Å². The Bertz CT molecular complexity index is 1250. The molecule has 0 radical (unpaired) electrons. The molecule has 2 aromatic carbocycles. The molecule has 1 aliphatic heterocycles. The van der Waals surface area contributed by atoms with Crippen molar-refractivity contribution >= 4 is 22.6 Å². The molecule has 7 nitrogen and oxygen atoms in total. The predicted octanol–water partition coefficient (Wildman–Crippen LogP) is 2.15. The van der Waals surface area contributed by atoms with Crippen LogP contribution in [0.1, 0.15) is 18.1 Å². The molecule has 3 aromatic rings. The van der Waals surface area contributed by atoms with E-state index in [0.717, 1.165) is 13.1 Å². The van der Waals surface area contributed by atoms with Gasteiger partial charge in [-0.3, -0.25) is 19.0 Å². The SMILES string of the molecule is CCn1c(=O)c(=O)n(CC(=O)N2CCN(c3cccc(C)c3C)CC2)c2ccccc21. The summed E-state index contributed by atoms with van der Waals surface area (Å²) < 4.78 is 2.78. The average molecular weight is 421 g/mol. The van der Waals surface area contributed by atoms with Crippen LogP contribution in [0.2, 0.25) is 0 Å². The van der Waals surface area contributed by atoms with E-state index in [2.05, 4.69) is 36.9 Å². The second-order valence-electron chi connectivity index (χ2n) is 8.02. The van der Waals surface area contributed by atoms with Crippen LogP contribution in [0.25, 0.3) is 11.0 Å². The number of hydrogen-bond donors (Lipinski definition) is 0. The number of carbonyl (C=O) groups is 1. The quantitative estimate of drug-likeness (QED) is 0.607. The number of carbonyl (C=O) groups excluding carboxylic acids is 1. The van der Waals surface area contributed by atoms with Crippen LogP contribution in [0, 0.1) is 13.8 Å². The molecular weight excluding hydrogens is 392 g/mol. The van der Waals surface area contributed by atoms with E-state index in [1.807, 2.05) is 25.1 Å². The molecule has 2 heterocycles. The summed E-state index contributed by atoms with van der Waals surface area (Å²) in [7, 11) is 0. The summed E-state index contributed by atoms with van der Waals surface area (Å²) in [6, 6.07) is 13.5. The second-order valence-corrected chi connectivity index (χ2v) is 8.02. The molecule has 1 aromatic heterocycles. The lowest BCUT2D eigenvalue weighted by Gasteiger charge is -2.37. The Balaban J connectivity index is 1.55. The molecule has 0 atom stereocenters. The maximum Gasteiger partial charge on any atom is 0.317 e. The number of fused-ring (bicyclic) bond motifs is 1. The van der Waals surface area contributed by atoms with Gasteiger partial charge in [-0.15, -0.1) is 0 Å². The number of anilines is 1. The molecule has 0 bridgehead atoms. The molecule has 0 spiro atoms. The fourth-order valence-electron chi connectivity index (χ4n) is 4.35. The Morgan fingerprint density at radius 1 is 0.839 bits per heavy atom. The van der Waals surface area contributed by atoms with Crippen LogP contribution in [-0.2, 0) is 17.9 Å². The molecule has 7 heteroatoms. The number of aromatic nitrogens is 2. The summed E-state index contributed by atoms with van der Waals surface area (Å²) in [6.07, 6.45) is 0. The molecule has 0 saturated carbocycles. The van der Waals surface area contributed by atoms with Crippen molar-refractivity contribution in [3.8, 4) is 0 Å². The number of nitrogens with zero attached hydrogens (tertiary/aromatic N) is 4. The zero-order valence-corrected chi connectivity index (χ0v) is 18.3. The van der Waals surface area contributed by atoms with Crippen LogP contribution in [0.5, 0.6) is 0 Å². The molecule has 1 amide bonds. The molecule has 1 saturated heterocycles. The third-order valence-corrected chi connectivity index (χ3v) is 6.30. The number of amides is 1. The summed E-state index contributed by atoms with van der Waals surface area (Å²) >= 11 is 0. The van der Waals surface area contributed by atoms with Crippen LogP contribution in [0.4, 0.5) is 5.69 Å². The lowest BCUT2D eigenvalue weighted by Crippen LogP contribution is -2.51. The Kier molecular flexibility index (Phi) is 5.67. The van der Waals surface area contributed by atoms with Gasteiger partial charge in [-0.25, -0.2) is 0 Å². The standard InChI is InChI=1S/C24H28N4O3/c1-4-27-20-9-5-6-10-21(20)28(24(31)23(27)30)16-22(29)26-14-12-25(13-15-26)19-11-7-8-17(2)18(19)3/h5-11H,4,12-16H2,1-3H3. The first-order valence-electron chi connectivity index (χ1n) is 10.7. The smallest absolute Gasteiger partial charge is 0.317 e. The van der Waals surface area contributed by atoms with E-state index in [0.29, 0.717) is 30.7 Å². The molecule has 0 N–H and O–H groups in total. The van der Waals surface area contributed by atoms with Crippen molar-refractivity contribution in [3.05, 3.63) is 74.3 Å². The Morgan fingerprint density at radius 2 is 1.45 bits per heavy atom. The number of rotatable bonds is 4. The van der Waals surface area contributed by atoms with E-state index >= 15 is 0 Å². The monoisotopic (exact) mass is 420 g/mol. The highest BCUT2D eigenvalue weighted by Gasteiger charge is 2.24. The van der Waals surface area contributed by atoms with Gasteiger partial charge < -0.3 is 14.4 Å². The summed E-state index contributed by atoms with van der Waals surface area (Å²) in [4.78, 5) is 42.4. The second kappa shape index (κ2) is 8.41. The molecular formula is C24H28N4O3.